The first-order chi connectivity index (χ1) is 11.5. The fraction of sp³-hybridized carbons (Fsp3) is 0.273. The minimum absolute atomic E-state index is 0.0436. The lowest BCUT2D eigenvalue weighted by Gasteiger charge is -2.29. The third kappa shape index (κ3) is 3.23. The average molecular weight is 318 g/mol. The zero-order valence-electron chi connectivity index (χ0n) is 14.2. The maximum absolute atomic E-state index is 12.9. The van der Waals surface area contributed by atoms with E-state index in [2.05, 4.69) is 13.8 Å². The summed E-state index contributed by atoms with van der Waals surface area (Å²) in [5.41, 5.74) is 2.12. The van der Waals surface area contributed by atoms with Gasteiger partial charge in [-0.05, 0) is 11.8 Å². The van der Waals surface area contributed by atoms with E-state index < -0.39 is 0 Å². The second-order valence-electron chi connectivity index (χ2n) is 7.09. The fourth-order valence-electron chi connectivity index (χ4n) is 3.40. The van der Waals surface area contributed by atoms with Crippen molar-refractivity contribution >= 4 is 11.6 Å². The molecule has 2 aromatic rings. The van der Waals surface area contributed by atoms with Crippen LogP contribution in [0.15, 0.2) is 72.3 Å². The smallest absolute Gasteiger partial charge is 0.189 e. The quantitative estimate of drug-likeness (QED) is 0.717. The summed E-state index contributed by atoms with van der Waals surface area (Å²) in [6.07, 6.45) is 3.23. The summed E-state index contributed by atoms with van der Waals surface area (Å²) in [7, 11) is 0. The van der Waals surface area contributed by atoms with E-state index in [1.165, 1.54) is 0 Å². The molecule has 0 amide bonds. The maximum atomic E-state index is 12.9. The molecule has 1 aliphatic carbocycles. The van der Waals surface area contributed by atoms with Gasteiger partial charge in [-0.15, -0.1) is 0 Å². The van der Waals surface area contributed by atoms with E-state index in [-0.39, 0.29) is 22.9 Å². The molecule has 0 radical (unpaired) electrons. The van der Waals surface area contributed by atoms with E-state index in [1.807, 2.05) is 66.7 Å². The molecule has 1 unspecified atom stereocenters. The molecule has 0 fully saturated rings. The van der Waals surface area contributed by atoms with Gasteiger partial charge in [0.05, 0.1) is 0 Å². The largest absolute Gasteiger partial charge is 0.294 e. The third-order valence-corrected chi connectivity index (χ3v) is 4.95. The molecular formula is C22H22O2. The Morgan fingerprint density at radius 1 is 0.917 bits per heavy atom. The van der Waals surface area contributed by atoms with Crippen molar-refractivity contribution in [1.82, 2.24) is 0 Å². The van der Waals surface area contributed by atoms with Gasteiger partial charge >= 0.3 is 0 Å². The number of allylic oxidation sites excluding steroid dienone is 2. The van der Waals surface area contributed by atoms with Gasteiger partial charge in [0, 0.05) is 29.0 Å². The second kappa shape index (κ2) is 6.56. The second-order valence-corrected chi connectivity index (χ2v) is 7.09. The first-order valence-electron chi connectivity index (χ1n) is 8.37. The number of carbonyl (C=O) groups is 2. The van der Waals surface area contributed by atoms with E-state index in [1.54, 1.807) is 0 Å². The van der Waals surface area contributed by atoms with Crippen molar-refractivity contribution in [1.29, 1.82) is 0 Å². The molecule has 0 aliphatic heterocycles. The van der Waals surface area contributed by atoms with Crippen LogP contribution >= 0.6 is 0 Å². The molecule has 2 nitrogen and oxygen atoms in total. The first kappa shape index (κ1) is 16.4. The van der Waals surface area contributed by atoms with Gasteiger partial charge in [0.25, 0.3) is 0 Å². The fourth-order valence-corrected chi connectivity index (χ4v) is 3.40. The number of ketones is 2. The first-order valence-corrected chi connectivity index (χ1v) is 8.37. The van der Waals surface area contributed by atoms with Crippen LogP contribution < -0.4 is 0 Å². The van der Waals surface area contributed by atoms with Gasteiger partial charge in [-0.2, -0.15) is 0 Å². The Labute approximate surface area is 143 Å². The highest BCUT2D eigenvalue weighted by Gasteiger charge is 2.40. The summed E-state index contributed by atoms with van der Waals surface area (Å²) in [6, 6.07) is 18.7. The predicted molar refractivity (Wildman–Crippen MR) is 96.1 cm³/mol. The third-order valence-electron chi connectivity index (χ3n) is 4.95. The van der Waals surface area contributed by atoms with E-state index in [4.69, 9.17) is 0 Å². The van der Waals surface area contributed by atoms with Crippen LogP contribution in [0.25, 0.3) is 0 Å². The van der Waals surface area contributed by atoms with Crippen LogP contribution in [0.4, 0.5) is 0 Å². The van der Waals surface area contributed by atoms with Crippen LogP contribution in [0.5, 0.6) is 0 Å². The summed E-state index contributed by atoms with van der Waals surface area (Å²) >= 11 is 0. The van der Waals surface area contributed by atoms with E-state index in [0.29, 0.717) is 17.5 Å². The summed E-state index contributed by atoms with van der Waals surface area (Å²) in [5, 5.41) is 0. The van der Waals surface area contributed by atoms with Gasteiger partial charge in [-0.1, -0.05) is 80.6 Å². The average Bonchev–Trinajstić information content (AvgIpc) is 2.90. The Morgan fingerprint density at radius 2 is 1.46 bits per heavy atom. The lowest BCUT2D eigenvalue weighted by Crippen LogP contribution is -2.26. The molecule has 3 rings (SSSR count). The summed E-state index contributed by atoms with van der Waals surface area (Å²) in [4.78, 5) is 25.5. The van der Waals surface area contributed by atoms with Gasteiger partial charge in [-0.3, -0.25) is 9.59 Å². The highest BCUT2D eigenvalue weighted by molar-refractivity contribution is 6.10. The molecule has 0 spiro atoms. The summed E-state index contributed by atoms with van der Waals surface area (Å²) in [5.74, 6) is 0.104. The van der Waals surface area contributed by atoms with Crippen molar-refractivity contribution in [2.45, 2.75) is 26.7 Å². The van der Waals surface area contributed by atoms with E-state index in [0.717, 1.165) is 12.0 Å². The van der Waals surface area contributed by atoms with Crippen molar-refractivity contribution in [3.8, 4) is 0 Å². The molecule has 122 valence electrons. The molecule has 0 heterocycles. The number of carbonyl (C=O) groups excluding carboxylic acids is 2. The predicted octanol–water partition coefficient (Wildman–Crippen LogP) is 5.11. The van der Waals surface area contributed by atoms with Crippen molar-refractivity contribution in [3.63, 3.8) is 0 Å². The molecule has 0 bridgehead atoms. The minimum Gasteiger partial charge on any atom is -0.294 e. The lowest BCUT2D eigenvalue weighted by molar-refractivity contribution is 0.0921. The topological polar surface area (TPSA) is 34.1 Å². The number of hydrogen-bond donors (Lipinski definition) is 0. The molecule has 0 N–H and O–H groups in total. The number of rotatable bonds is 5. The zero-order valence-corrected chi connectivity index (χ0v) is 14.2. The molecule has 1 aliphatic rings. The normalized spacial score (nSPS) is 18.9. The van der Waals surface area contributed by atoms with Gasteiger partial charge < -0.3 is 0 Å². The molecule has 0 saturated heterocycles. The molecule has 2 heteroatoms. The highest BCUT2D eigenvalue weighted by Crippen LogP contribution is 2.45. The van der Waals surface area contributed by atoms with Crippen LogP contribution in [0.1, 0.15) is 47.4 Å². The molecular weight excluding hydrogens is 296 g/mol. The van der Waals surface area contributed by atoms with Crippen LogP contribution in [0.3, 0.4) is 0 Å². The molecule has 1 atom stereocenters. The molecule has 0 saturated carbocycles. The van der Waals surface area contributed by atoms with Gasteiger partial charge in [0.15, 0.2) is 11.6 Å². The van der Waals surface area contributed by atoms with Gasteiger partial charge in [0.2, 0.25) is 0 Å². The highest BCUT2D eigenvalue weighted by atomic mass is 16.1. The Morgan fingerprint density at radius 3 is 2.04 bits per heavy atom. The van der Waals surface area contributed by atoms with E-state index >= 15 is 0 Å². The zero-order chi connectivity index (χ0) is 17.2. The van der Waals surface area contributed by atoms with E-state index in [9.17, 15) is 9.59 Å². The summed E-state index contributed by atoms with van der Waals surface area (Å²) < 4.78 is 0. The Kier molecular flexibility index (Phi) is 4.48. The molecule has 0 aromatic heterocycles. The lowest BCUT2D eigenvalue weighted by atomic mass is 9.74. The van der Waals surface area contributed by atoms with Crippen molar-refractivity contribution in [2.24, 2.45) is 11.3 Å². The monoisotopic (exact) mass is 318 g/mol. The SMILES string of the molecule is CC1(C)CC=C(C(=O)c2ccccc2)C1CC(=O)c1ccccc1. The van der Waals surface area contributed by atoms with Crippen molar-refractivity contribution in [3.05, 3.63) is 83.4 Å². The van der Waals surface area contributed by atoms with Crippen LogP contribution in [0, 0.1) is 11.3 Å². The van der Waals surface area contributed by atoms with Crippen LogP contribution in [0.2, 0.25) is 0 Å². The molecule has 2 aromatic carbocycles. The molecule has 24 heavy (non-hydrogen) atoms. The van der Waals surface area contributed by atoms with Gasteiger partial charge in [-0.25, -0.2) is 0 Å². The minimum atomic E-state index is -0.0792. The Hall–Kier alpha value is -2.48. The summed E-state index contributed by atoms with van der Waals surface area (Å²) in [6.45, 7) is 4.27. The maximum Gasteiger partial charge on any atom is 0.189 e. The standard InChI is InChI=1S/C22H22O2/c1-22(2)14-13-18(21(24)17-11-7-4-8-12-17)19(22)15-20(23)16-9-5-3-6-10-16/h3-13,19H,14-15H2,1-2H3. The number of Topliss-reactive ketones (excluding diaryl/α,β-unsaturated/α-hetero) is 2. The number of hydrogen-bond acceptors (Lipinski definition) is 2. The van der Waals surface area contributed by atoms with Crippen LogP contribution in [-0.4, -0.2) is 11.6 Å². The van der Waals surface area contributed by atoms with Crippen LogP contribution in [-0.2, 0) is 0 Å². The Balaban J connectivity index is 1.85. The van der Waals surface area contributed by atoms with Crippen molar-refractivity contribution in [2.75, 3.05) is 0 Å². The van der Waals surface area contributed by atoms with Gasteiger partial charge in [0.1, 0.15) is 0 Å². The Bertz CT molecular complexity index is 770. The number of benzene rings is 2. The van der Waals surface area contributed by atoms with Crippen molar-refractivity contribution < 1.29 is 9.59 Å².